The monoisotopic (exact) mass is 377 g/mol. The molecule has 0 bridgehead atoms. The summed E-state index contributed by atoms with van der Waals surface area (Å²) in [6.45, 7) is 5.07. The van der Waals surface area contributed by atoms with Crippen LogP contribution in [0.1, 0.15) is 19.8 Å². The number of amides is 2. The molecule has 2 saturated heterocycles. The Kier molecular flexibility index (Phi) is 6.43. The quantitative estimate of drug-likeness (QED) is 0.790. The highest BCUT2D eigenvalue weighted by atomic mass is 32.2. The van der Waals surface area contributed by atoms with Crippen molar-refractivity contribution in [1.29, 1.82) is 0 Å². The molecule has 7 heteroatoms. The van der Waals surface area contributed by atoms with Gasteiger partial charge in [-0.2, -0.15) is 0 Å². The van der Waals surface area contributed by atoms with E-state index >= 15 is 0 Å². The molecule has 0 aliphatic carbocycles. The van der Waals surface area contributed by atoms with E-state index in [0.29, 0.717) is 18.8 Å². The Labute approximate surface area is 159 Å². The van der Waals surface area contributed by atoms with Crippen molar-refractivity contribution in [2.75, 3.05) is 39.0 Å². The number of rotatable bonds is 5. The number of piperidine rings is 1. The maximum atomic E-state index is 12.8. The molecule has 2 atom stereocenters. The summed E-state index contributed by atoms with van der Waals surface area (Å²) in [6, 6.07) is 7.89. The van der Waals surface area contributed by atoms with Crippen molar-refractivity contribution in [2.45, 2.75) is 36.8 Å². The summed E-state index contributed by atoms with van der Waals surface area (Å²) in [7, 11) is 0. The van der Waals surface area contributed by atoms with Crippen LogP contribution in [0.5, 0.6) is 5.75 Å². The Morgan fingerprint density at radius 2 is 2.08 bits per heavy atom. The number of likely N-dealkylation sites (tertiary alicyclic amines) is 1. The minimum atomic E-state index is -0.535. The molecule has 6 nitrogen and oxygen atoms in total. The van der Waals surface area contributed by atoms with E-state index in [0.717, 1.165) is 37.4 Å². The molecular formula is C19H27N3O3S. The van der Waals surface area contributed by atoms with E-state index in [2.05, 4.69) is 5.32 Å². The van der Waals surface area contributed by atoms with Crippen molar-refractivity contribution in [1.82, 2.24) is 15.1 Å². The van der Waals surface area contributed by atoms with E-state index in [1.54, 1.807) is 18.7 Å². The van der Waals surface area contributed by atoms with Gasteiger partial charge in [-0.1, -0.05) is 0 Å². The number of piperazine rings is 1. The van der Waals surface area contributed by atoms with Crippen LogP contribution in [0, 0.1) is 0 Å². The molecule has 1 aromatic rings. The van der Waals surface area contributed by atoms with Gasteiger partial charge in [0.25, 0.3) is 5.91 Å². The average molecular weight is 378 g/mol. The zero-order valence-corrected chi connectivity index (χ0v) is 16.3. The lowest BCUT2D eigenvalue weighted by atomic mass is 10.0. The van der Waals surface area contributed by atoms with E-state index in [1.165, 1.54) is 0 Å². The summed E-state index contributed by atoms with van der Waals surface area (Å²) < 4.78 is 5.84. The highest BCUT2D eigenvalue weighted by Crippen LogP contribution is 2.22. The predicted molar refractivity (Wildman–Crippen MR) is 102 cm³/mol. The minimum absolute atomic E-state index is 0.00812. The standard InChI is InChI=1S/C19H27N3O3S/c1-14(25-16-5-7-17(26-2)8-6-16)19(24)21-10-3-4-15(13-21)22-11-9-20-12-18(22)23/h5-8,14-15,20H,3-4,9-13H2,1-2H3. The largest absolute Gasteiger partial charge is 0.481 e. The van der Waals surface area contributed by atoms with E-state index in [4.69, 9.17) is 4.74 Å². The number of ether oxygens (including phenoxy) is 1. The molecule has 0 radical (unpaired) electrons. The zero-order valence-electron chi connectivity index (χ0n) is 15.4. The first-order chi connectivity index (χ1) is 12.6. The van der Waals surface area contributed by atoms with Gasteiger partial charge in [0, 0.05) is 37.1 Å². The van der Waals surface area contributed by atoms with Crippen molar-refractivity contribution >= 4 is 23.6 Å². The first-order valence-corrected chi connectivity index (χ1v) is 10.4. The first kappa shape index (κ1) is 19.0. The fraction of sp³-hybridized carbons (Fsp3) is 0.579. The molecule has 0 aromatic heterocycles. The Morgan fingerprint density at radius 1 is 1.31 bits per heavy atom. The normalized spacial score (nSPS) is 22.2. The highest BCUT2D eigenvalue weighted by Gasteiger charge is 2.33. The minimum Gasteiger partial charge on any atom is -0.481 e. The molecule has 2 amide bonds. The van der Waals surface area contributed by atoms with E-state index in [1.807, 2.05) is 40.3 Å². The Hall–Kier alpha value is -1.73. The van der Waals surface area contributed by atoms with E-state index in [9.17, 15) is 9.59 Å². The second kappa shape index (κ2) is 8.77. The van der Waals surface area contributed by atoms with Gasteiger partial charge in [0.1, 0.15) is 5.75 Å². The summed E-state index contributed by atoms with van der Waals surface area (Å²) in [4.78, 5) is 29.9. The first-order valence-electron chi connectivity index (χ1n) is 9.18. The van der Waals surface area contributed by atoms with Gasteiger partial charge in [0.15, 0.2) is 6.10 Å². The molecule has 3 rings (SSSR count). The topological polar surface area (TPSA) is 61.9 Å². The van der Waals surface area contributed by atoms with Crippen LogP contribution in [-0.4, -0.2) is 72.7 Å². The molecule has 142 valence electrons. The van der Waals surface area contributed by atoms with E-state index < -0.39 is 6.10 Å². The van der Waals surface area contributed by atoms with Gasteiger partial charge in [-0.25, -0.2) is 0 Å². The lowest BCUT2D eigenvalue weighted by Gasteiger charge is -2.41. The molecular weight excluding hydrogens is 350 g/mol. The molecule has 26 heavy (non-hydrogen) atoms. The molecule has 2 aliphatic rings. The van der Waals surface area contributed by atoms with Gasteiger partial charge in [-0.15, -0.1) is 11.8 Å². The van der Waals surface area contributed by atoms with Crippen molar-refractivity contribution in [3.05, 3.63) is 24.3 Å². The van der Waals surface area contributed by atoms with Crippen molar-refractivity contribution < 1.29 is 14.3 Å². The van der Waals surface area contributed by atoms with Crippen LogP contribution in [0.3, 0.4) is 0 Å². The maximum Gasteiger partial charge on any atom is 0.263 e. The summed E-state index contributed by atoms with van der Waals surface area (Å²) in [5, 5.41) is 3.10. The third kappa shape index (κ3) is 4.51. The molecule has 2 unspecified atom stereocenters. The van der Waals surface area contributed by atoms with Crippen LogP contribution in [0.15, 0.2) is 29.2 Å². The summed E-state index contributed by atoms with van der Waals surface area (Å²) in [6.07, 6.45) is 3.37. The maximum absolute atomic E-state index is 12.8. The SMILES string of the molecule is CSc1ccc(OC(C)C(=O)N2CCCC(N3CCNCC3=O)C2)cc1. The fourth-order valence-corrected chi connectivity index (χ4v) is 3.99. The van der Waals surface area contributed by atoms with Gasteiger partial charge >= 0.3 is 0 Å². The number of carbonyl (C=O) groups is 2. The summed E-state index contributed by atoms with van der Waals surface area (Å²) in [5.74, 6) is 0.828. The highest BCUT2D eigenvalue weighted by molar-refractivity contribution is 7.98. The smallest absolute Gasteiger partial charge is 0.263 e. The lowest BCUT2D eigenvalue weighted by molar-refractivity contribution is -0.144. The second-order valence-electron chi connectivity index (χ2n) is 6.78. The number of hydrogen-bond acceptors (Lipinski definition) is 5. The number of nitrogens with one attached hydrogen (secondary N) is 1. The molecule has 0 saturated carbocycles. The van der Waals surface area contributed by atoms with Crippen molar-refractivity contribution in [3.8, 4) is 5.75 Å². The van der Waals surface area contributed by atoms with Crippen LogP contribution in [0.4, 0.5) is 0 Å². The summed E-state index contributed by atoms with van der Waals surface area (Å²) in [5.41, 5.74) is 0. The van der Waals surface area contributed by atoms with Crippen molar-refractivity contribution in [2.24, 2.45) is 0 Å². The predicted octanol–water partition coefficient (Wildman–Crippen LogP) is 1.60. The zero-order chi connectivity index (χ0) is 18.5. The van der Waals surface area contributed by atoms with Crippen LogP contribution in [0.2, 0.25) is 0 Å². The second-order valence-corrected chi connectivity index (χ2v) is 7.66. The average Bonchev–Trinajstić information content (AvgIpc) is 2.68. The van der Waals surface area contributed by atoms with Crippen LogP contribution in [-0.2, 0) is 9.59 Å². The molecule has 1 aromatic carbocycles. The molecule has 2 fully saturated rings. The lowest BCUT2D eigenvalue weighted by Crippen LogP contribution is -2.58. The summed E-state index contributed by atoms with van der Waals surface area (Å²) >= 11 is 1.67. The van der Waals surface area contributed by atoms with Gasteiger partial charge in [-0.05, 0) is 50.3 Å². The molecule has 0 spiro atoms. The third-order valence-corrected chi connectivity index (χ3v) is 5.74. The Bertz CT molecular complexity index is 637. The number of thioether (sulfide) groups is 1. The van der Waals surface area contributed by atoms with Gasteiger partial charge in [0.2, 0.25) is 5.91 Å². The van der Waals surface area contributed by atoms with Gasteiger partial charge < -0.3 is 19.9 Å². The Morgan fingerprint density at radius 3 is 2.77 bits per heavy atom. The number of hydrogen-bond donors (Lipinski definition) is 1. The third-order valence-electron chi connectivity index (χ3n) is 5.00. The number of benzene rings is 1. The number of carbonyl (C=O) groups excluding carboxylic acids is 2. The van der Waals surface area contributed by atoms with Crippen LogP contribution < -0.4 is 10.1 Å². The number of nitrogens with zero attached hydrogens (tertiary/aromatic N) is 2. The Balaban J connectivity index is 1.58. The van der Waals surface area contributed by atoms with Gasteiger partial charge in [-0.3, -0.25) is 9.59 Å². The fourth-order valence-electron chi connectivity index (χ4n) is 3.58. The molecule has 1 N–H and O–H groups in total. The van der Waals surface area contributed by atoms with Gasteiger partial charge in [0.05, 0.1) is 6.54 Å². The van der Waals surface area contributed by atoms with Crippen molar-refractivity contribution in [3.63, 3.8) is 0 Å². The van der Waals surface area contributed by atoms with Crippen LogP contribution in [0.25, 0.3) is 0 Å². The molecule has 2 aliphatic heterocycles. The van der Waals surface area contributed by atoms with E-state index in [-0.39, 0.29) is 17.9 Å². The van der Waals surface area contributed by atoms with Crippen LogP contribution >= 0.6 is 11.8 Å². The molecule has 2 heterocycles.